The summed E-state index contributed by atoms with van der Waals surface area (Å²) >= 11 is 0. The molecule has 0 aromatic heterocycles. The van der Waals surface area contributed by atoms with Crippen molar-refractivity contribution in [3.8, 4) is 0 Å². The molecule has 1 aliphatic rings. The number of nitrogens with one attached hydrogen (secondary N) is 1. The molecule has 0 spiro atoms. The first kappa shape index (κ1) is 12.9. The number of rotatable bonds is 6. The van der Waals surface area contributed by atoms with Crippen LogP contribution in [-0.4, -0.2) is 38.5 Å². The van der Waals surface area contributed by atoms with Crippen molar-refractivity contribution in [2.45, 2.75) is 51.2 Å². The quantitative estimate of drug-likeness (QED) is 0.734. The zero-order valence-electron chi connectivity index (χ0n) is 10.3. The highest BCUT2D eigenvalue weighted by Gasteiger charge is 2.32. The molecular formula is C12H25NO2. The fraction of sp³-hybridized carbons (Fsp3) is 1.00. The van der Waals surface area contributed by atoms with E-state index in [1.807, 2.05) is 0 Å². The van der Waals surface area contributed by atoms with Gasteiger partial charge in [-0.05, 0) is 39.2 Å². The van der Waals surface area contributed by atoms with Gasteiger partial charge in [-0.1, -0.05) is 6.92 Å². The van der Waals surface area contributed by atoms with Crippen molar-refractivity contribution in [2.24, 2.45) is 0 Å². The van der Waals surface area contributed by atoms with Gasteiger partial charge in [0.2, 0.25) is 0 Å². The van der Waals surface area contributed by atoms with Crippen molar-refractivity contribution in [3.63, 3.8) is 0 Å². The molecule has 1 heterocycles. The maximum atomic E-state index is 5.86. The molecule has 0 amide bonds. The predicted molar refractivity (Wildman–Crippen MR) is 62.2 cm³/mol. The van der Waals surface area contributed by atoms with E-state index >= 15 is 0 Å². The lowest BCUT2D eigenvalue weighted by Gasteiger charge is -2.38. The van der Waals surface area contributed by atoms with Gasteiger partial charge in [-0.15, -0.1) is 0 Å². The molecule has 0 bridgehead atoms. The van der Waals surface area contributed by atoms with Gasteiger partial charge in [0.25, 0.3) is 0 Å². The van der Waals surface area contributed by atoms with Gasteiger partial charge in [0, 0.05) is 26.4 Å². The predicted octanol–water partition coefficient (Wildman–Crippen LogP) is 1.96. The highest BCUT2D eigenvalue weighted by atomic mass is 16.5. The van der Waals surface area contributed by atoms with Gasteiger partial charge in [0.15, 0.2) is 0 Å². The molecule has 2 unspecified atom stereocenters. The Morgan fingerprint density at radius 3 is 3.00 bits per heavy atom. The van der Waals surface area contributed by atoms with E-state index in [1.165, 1.54) is 6.42 Å². The highest BCUT2D eigenvalue weighted by molar-refractivity contribution is 4.86. The molecule has 2 atom stereocenters. The van der Waals surface area contributed by atoms with E-state index in [0.29, 0.717) is 6.04 Å². The van der Waals surface area contributed by atoms with Crippen LogP contribution in [0.15, 0.2) is 0 Å². The van der Waals surface area contributed by atoms with Crippen LogP contribution in [0.1, 0.15) is 39.5 Å². The van der Waals surface area contributed by atoms with E-state index in [-0.39, 0.29) is 5.60 Å². The van der Waals surface area contributed by atoms with Gasteiger partial charge in [0.1, 0.15) is 0 Å². The van der Waals surface area contributed by atoms with Crippen LogP contribution < -0.4 is 5.32 Å². The Morgan fingerprint density at radius 1 is 1.53 bits per heavy atom. The van der Waals surface area contributed by atoms with Gasteiger partial charge in [-0.2, -0.15) is 0 Å². The summed E-state index contributed by atoms with van der Waals surface area (Å²) in [4.78, 5) is 0. The summed E-state index contributed by atoms with van der Waals surface area (Å²) in [5, 5.41) is 3.58. The largest absolute Gasteiger partial charge is 0.385 e. The molecule has 3 nitrogen and oxygen atoms in total. The Hall–Kier alpha value is -0.120. The minimum atomic E-state index is 0.0136. The molecule has 1 rings (SSSR count). The Kier molecular flexibility index (Phi) is 5.58. The van der Waals surface area contributed by atoms with Crippen LogP contribution in [0.25, 0.3) is 0 Å². The summed E-state index contributed by atoms with van der Waals surface area (Å²) in [6.07, 6.45) is 4.44. The standard InChI is InChI=1S/C12H25NO2/c1-4-7-13-11-5-8-15-12(2,10-11)6-9-14-3/h11,13H,4-10H2,1-3H3. The van der Waals surface area contributed by atoms with Crippen molar-refractivity contribution >= 4 is 0 Å². The first-order chi connectivity index (χ1) is 7.20. The lowest BCUT2D eigenvalue weighted by molar-refractivity contribution is -0.0894. The van der Waals surface area contributed by atoms with Gasteiger partial charge in [-0.3, -0.25) is 0 Å². The van der Waals surface area contributed by atoms with Gasteiger partial charge in [-0.25, -0.2) is 0 Å². The minimum absolute atomic E-state index is 0.0136. The Bertz CT molecular complexity index is 175. The number of hydrogen-bond donors (Lipinski definition) is 1. The first-order valence-corrected chi connectivity index (χ1v) is 6.06. The summed E-state index contributed by atoms with van der Waals surface area (Å²) in [7, 11) is 1.75. The fourth-order valence-corrected chi connectivity index (χ4v) is 2.14. The second-order valence-corrected chi connectivity index (χ2v) is 4.69. The van der Waals surface area contributed by atoms with Gasteiger partial charge >= 0.3 is 0 Å². The monoisotopic (exact) mass is 215 g/mol. The molecular weight excluding hydrogens is 190 g/mol. The Balaban J connectivity index is 2.32. The lowest BCUT2D eigenvalue weighted by Crippen LogP contribution is -2.46. The average Bonchev–Trinajstić information content (AvgIpc) is 2.24. The third-order valence-corrected chi connectivity index (χ3v) is 3.11. The van der Waals surface area contributed by atoms with Crippen LogP contribution in [-0.2, 0) is 9.47 Å². The summed E-state index contributed by atoms with van der Waals surface area (Å²) in [5.74, 6) is 0. The van der Waals surface area contributed by atoms with Crippen molar-refractivity contribution < 1.29 is 9.47 Å². The molecule has 15 heavy (non-hydrogen) atoms. The van der Waals surface area contributed by atoms with Gasteiger partial charge < -0.3 is 14.8 Å². The topological polar surface area (TPSA) is 30.5 Å². The molecule has 1 saturated heterocycles. The third-order valence-electron chi connectivity index (χ3n) is 3.11. The third kappa shape index (κ3) is 4.49. The van der Waals surface area contributed by atoms with Crippen LogP contribution in [0.2, 0.25) is 0 Å². The fourth-order valence-electron chi connectivity index (χ4n) is 2.14. The van der Waals surface area contributed by atoms with E-state index in [2.05, 4.69) is 19.2 Å². The smallest absolute Gasteiger partial charge is 0.0691 e. The molecule has 1 N–H and O–H groups in total. The van der Waals surface area contributed by atoms with Crippen LogP contribution in [0.4, 0.5) is 0 Å². The summed E-state index contributed by atoms with van der Waals surface area (Å²) < 4.78 is 11.0. The minimum Gasteiger partial charge on any atom is -0.385 e. The SMILES string of the molecule is CCCNC1CCOC(C)(CCOC)C1. The number of methoxy groups -OCH3 is 1. The normalized spacial score (nSPS) is 31.8. The first-order valence-electron chi connectivity index (χ1n) is 6.06. The molecule has 3 heteroatoms. The zero-order valence-corrected chi connectivity index (χ0v) is 10.3. The molecule has 90 valence electrons. The van der Waals surface area contributed by atoms with Crippen LogP contribution in [0.3, 0.4) is 0 Å². The van der Waals surface area contributed by atoms with Crippen LogP contribution >= 0.6 is 0 Å². The van der Waals surface area contributed by atoms with E-state index in [1.54, 1.807) is 7.11 Å². The maximum Gasteiger partial charge on any atom is 0.0691 e. The summed E-state index contributed by atoms with van der Waals surface area (Å²) in [5.41, 5.74) is 0.0136. The van der Waals surface area contributed by atoms with Crippen molar-refractivity contribution in [3.05, 3.63) is 0 Å². The Morgan fingerprint density at radius 2 is 2.33 bits per heavy atom. The van der Waals surface area contributed by atoms with Crippen molar-refractivity contribution in [1.29, 1.82) is 0 Å². The second-order valence-electron chi connectivity index (χ2n) is 4.69. The van der Waals surface area contributed by atoms with E-state index < -0.39 is 0 Å². The van der Waals surface area contributed by atoms with E-state index in [0.717, 1.165) is 39.0 Å². The maximum absolute atomic E-state index is 5.86. The highest BCUT2D eigenvalue weighted by Crippen LogP contribution is 2.27. The zero-order chi connectivity index (χ0) is 11.1. The molecule has 0 radical (unpaired) electrons. The Labute approximate surface area is 93.5 Å². The average molecular weight is 215 g/mol. The molecule has 0 saturated carbocycles. The molecule has 0 aromatic rings. The molecule has 1 aliphatic heterocycles. The lowest BCUT2D eigenvalue weighted by atomic mass is 9.89. The number of ether oxygens (including phenoxy) is 2. The number of hydrogen-bond acceptors (Lipinski definition) is 3. The van der Waals surface area contributed by atoms with Crippen molar-refractivity contribution in [2.75, 3.05) is 26.9 Å². The molecule has 0 aromatic carbocycles. The van der Waals surface area contributed by atoms with Crippen molar-refractivity contribution in [1.82, 2.24) is 5.32 Å². The van der Waals surface area contributed by atoms with E-state index in [4.69, 9.17) is 9.47 Å². The molecule has 0 aliphatic carbocycles. The summed E-state index contributed by atoms with van der Waals surface area (Å²) in [6, 6.07) is 0.626. The van der Waals surface area contributed by atoms with Gasteiger partial charge in [0.05, 0.1) is 5.60 Å². The summed E-state index contributed by atoms with van der Waals surface area (Å²) in [6.45, 7) is 7.19. The molecule has 1 fully saturated rings. The van der Waals surface area contributed by atoms with E-state index in [9.17, 15) is 0 Å². The van der Waals surface area contributed by atoms with Crippen LogP contribution in [0.5, 0.6) is 0 Å². The second kappa shape index (κ2) is 6.46. The van der Waals surface area contributed by atoms with Crippen LogP contribution in [0, 0.1) is 0 Å².